The van der Waals surface area contributed by atoms with Crippen molar-refractivity contribution in [1.82, 2.24) is 10.6 Å². The largest absolute Gasteiger partial charge is 0.496 e. The average Bonchev–Trinajstić information content (AvgIpc) is 2.43. The van der Waals surface area contributed by atoms with Crippen LogP contribution in [0.25, 0.3) is 0 Å². The summed E-state index contributed by atoms with van der Waals surface area (Å²) >= 11 is 3.43. The fourth-order valence-electron chi connectivity index (χ4n) is 2.09. The van der Waals surface area contributed by atoms with E-state index in [0.717, 1.165) is 15.8 Å². The van der Waals surface area contributed by atoms with Gasteiger partial charge in [-0.05, 0) is 46.5 Å². The van der Waals surface area contributed by atoms with Gasteiger partial charge in [-0.1, -0.05) is 19.9 Å². The van der Waals surface area contributed by atoms with Crippen LogP contribution >= 0.6 is 15.9 Å². The predicted molar refractivity (Wildman–Crippen MR) is 89.7 cm³/mol. The summed E-state index contributed by atoms with van der Waals surface area (Å²) in [6.45, 7) is 7.10. The van der Waals surface area contributed by atoms with E-state index in [1.165, 1.54) is 6.92 Å². The van der Waals surface area contributed by atoms with Gasteiger partial charge in [0.25, 0.3) is 0 Å². The van der Waals surface area contributed by atoms with Crippen molar-refractivity contribution in [3.8, 4) is 5.75 Å². The van der Waals surface area contributed by atoms with E-state index in [0.29, 0.717) is 0 Å². The third-order valence-electron chi connectivity index (χ3n) is 3.34. The van der Waals surface area contributed by atoms with Crippen LogP contribution in [0, 0.1) is 5.92 Å². The minimum atomic E-state index is -0.540. The van der Waals surface area contributed by atoms with Crippen LogP contribution < -0.4 is 15.4 Å². The number of methoxy groups -OCH3 is 1. The molecule has 2 N–H and O–H groups in total. The first-order valence-corrected chi connectivity index (χ1v) is 7.96. The molecule has 5 nitrogen and oxygen atoms in total. The minimum absolute atomic E-state index is 0.0127. The van der Waals surface area contributed by atoms with Crippen LogP contribution in [0.2, 0.25) is 0 Å². The summed E-state index contributed by atoms with van der Waals surface area (Å²) in [6, 6.07) is 4.94. The fraction of sp³-hybridized carbons (Fsp3) is 0.500. The molecule has 0 heterocycles. The Balaban J connectivity index is 2.81. The van der Waals surface area contributed by atoms with Crippen molar-refractivity contribution in [3.05, 3.63) is 28.2 Å². The Labute approximate surface area is 139 Å². The molecule has 122 valence electrons. The molecule has 2 amide bonds. The maximum atomic E-state index is 12.3. The number of rotatable bonds is 6. The zero-order valence-corrected chi connectivity index (χ0v) is 15.2. The Morgan fingerprint density at radius 3 is 2.27 bits per heavy atom. The Morgan fingerprint density at radius 1 is 1.18 bits per heavy atom. The topological polar surface area (TPSA) is 67.4 Å². The summed E-state index contributed by atoms with van der Waals surface area (Å²) in [4.78, 5) is 23.6. The molecule has 0 aliphatic rings. The van der Waals surface area contributed by atoms with Crippen molar-refractivity contribution in [2.45, 2.75) is 39.8 Å². The first-order chi connectivity index (χ1) is 10.3. The maximum Gasteiger partial charge on any atom is 0.243 e. The molecule has 0 fully saturated rings. The van der Waals surface area contributed by atoms with Crippen LogP contribution in [0.4, 0.5) is 0 Å². The molecule has 0 radical (unpaired) electrons. The van der Waals surface area contributed by atoms with Crippen LogP contribution in [0.3, 0.4) is 0 Å². The second kappa shape index (κ2) is 8.17. The maximum absolute atomic E-state index is 12.3. The number of nitrogens with one attached hydrogen (secondary N) is 2. The Hall–Kier alpha value is -1.56. The first kappa shape index (κ1) is 18.5. The number of hydrogen-bond donors (Lipinski definition) is 2. The Bertz CT molecular complexity index is 546. The molecule has 0 saturated heterocycles. The van der Waals surface area contributed by atoms with Gasteiger partial charge >= 0.3 is 0 Å². The van der Waals surface area contributed by atoms with E-state index in [1.54, 1.807) is 7.11 Å². The summed E-state index contributed by atoms with van der Waals surface area (Å²) in [5.74, 6) is 0.345. The summed E-state index contributed by atoms with van der Waals surface area (Å²) in [5.41, 5.74) is 0.950. The molecule has 0 bridgehead atoms. The number of ether oxygens (including phenoxy) is 1. The number of carbonyl (C=O) groups is 2. The van der Waals surface area contributed by atoms with Gasteiger partial charge in [-0.3, -0.25) is 9.59 Å². The van der Waals surface area contributed by atoms with Crippen molar-refractivity contribution < 1.29 is 14.3 Å². The number of carbonyl (C=O) groups excluding carboxylic acids is 2. The number of halogens is 1. The van der Waals surface area contributed by atoms with Crippen molar-refractivity contribution >= 4 is 27.7 Å². The highest BCUT2D eigenvalue weighted by atomic mass is 79.9. The third-order valence-corrected chi connectivity index (χ3v) is 3.96. The summed E-state index contributed by atoms with van der Waals surface area (Å²) in [7, 11) is 1.60. The number of amides is 2. The summed E-state index contributed by atoms with van der Waals surface area (Å²) in [5, 5.41) is 5.62. The highest BCUT2D eigenvalue weighted by Gasteiger charge is 2.24. The van der Waals surface area contributed by atoms with Gasteiger partial charge in [0.2, 0.25) is 11.8 Å². The van der Waals surface area contributed by atoms with Gasteiger partial charge in [0.1, 0.15) is 11.8 Å². The van der Waals surface area contributed by atoms with Crippen LogP contribution in [-0.2, 0) is 9.59 Å². The Morgan fingerprint density at radius 2 is 1.82 bits per heavy atom. The zero-order chi connectivity index (χ0) is 16.9. The minimum Gasteiger partial charge on any atom is -0.496 e. The molecular formula is C16H23BrN2O3. The van der Waals surface area contributed by atoms with Crippen molar-refractivity contribution in [3.63, 3.8) is 0 Å². The molecule has 1 aromatic rings. The lowest BCUT2D eigenvalue weighted by atomic mass is 10.0. The van der Waals surface area contributed by atoms with Gasteiger partial charge in [0.15, 0.2) is 0 Å². The van der Waals surface area contributed by atoms with Gasteiger partial charge in [0, 0.05) is 6.92 Å². The monoisotopic (exact) mass is 370 g/mol. The molecule has 1 aromatic carbocycles. The zero-order valence-electron chi connectivity index (χ0n) is 13.6. The second-order valence-electron chi connectivity index (χ2n) is 5.55. The quantitative estimate of drug-likeness (QED) is 0.808. The van der Waals surface area contributed by atoms with Gasteiger partial charge in [-0.15, -0.1) is 0 Å². The van der Waals surface area contributed by atoms with E-state index in [4.69, 9.17) is 4.74 Å². The molecule has 1 rings (SSSR count). The second-order valence-corrected chi connectivity index (χ2v) is 6.40. The smallest absolute Gasteiger partial charge is 0.243 e. The molecule has 6 heteroatoms. The van der Waals surface area contributed by atoms with Crippen molar-refractivity contribution in [2.24, 2.45) is 5.92 Å². The van der Waals surface area contributed by atoms with Crippen LogP contribution in [-0.4, -0.2) is 25.0 Å². The average molecular weight is 371 g/mol. The molecule has 2 atom stereocenters. The summed E-state index contributed by atoms with van der Waals surface area (Å²) < 4.78 is 6.02. The van der Waals surface area contributed by atoms with E-state index in [-0.39, 0.29) is 23.8 Å². The van der Waals surface area contributed by atoms with E-state index in [2.05, 4.69) is 26.6 Å². The molecule has 0 saturated carbocycles. The van der Waals surface area contributed by atoms with Gasteiger partial charge < -0.3 is 15.4 Å². The fourth-order valence-corrected chi connectivity index (χ4v) is 2.65. The van der Waals surface area contributed by atoms with Gasteiger partial charge in [0.05, 0.1) is 17.6 Å². The van der Waals surface area contributed by atoms with E-state index in [9.17, 15) is 9.59 Å². The highest BCUT2D eigenvalue weighted by molar-refractivity contribution is 9.10. The van der Waals surface area contributed by atoms with Gasteiger partial charge in [-0.25, -0.2) is 0 Å². The van der Waals surface area contributed by atoms with E-state index in [1.807, 2.05) is 39.0 Å². The van der Waals surface area contributed by atoms with E-state index >= 15 is 0 Å². The lowest BCUT2D eigenvalue weighted by molar-refractivity contribution is -0.129. The lowest BCUT2D eigenvalue weighted by Gasteiger charge is -2.24. The highest BCUT2D eigenvalue weighted by Crippen LogP contribution is 2.28. The summed E-state index contributed by atoms with van der Waals surface area (Å²) in [6.07, 6.45) is 0. The molecule has 0 aromatic heterocycles. The van der Waals surface area contributed by atoms with Gasteiger partial charge in [-0.2, -0.15) is 0 Å². The predicted octanol–water partition coefficient (Wildman–Crippen LogP) is 2.80. The van der Waals surface area contributed by atoms with Crippen LogP contribution in [0.5, 0.6) is 5.75 Å². The van der Waals surface area contributed by atoms with Crippen LogP contribution in [0.1, 0.15) is 39.3 Å². The molecular weight excluding hydrogens is 348 g/mol. The van der Waals surface area contributed by atoms with Crippen molar-refractivity contribution in [1.29, 1.82) is 0 Å². The molecule has 0 aliphatic carbocycles. The SMILES string of the molecule is COc1ccc(C(C)NC(=O)C(NC(C)=O)C(C)C)cc1Br. The van der Waals surface area contributed by atoms with E-state index < -0.39 is 6.04 Å². The standard InChI is InChI=1S/C16H23BrN2O3/c1-9(2)15(19-11(4)20)16(21)18-10(3)12-6-7-14(22-5)13(17)8-12/h6-10,15H,1-5H3,(H,18,21)(H,19,20). The van der Waals surface area contributed by atoms with Crippen molar-refractivity contribution in [2.75, 3.05) is 7.11 Å². The number of benzene rings is 1. The lowest BCUT2D eigenvalue weighted by Crippen LogP contribution is -2.49. The molecule has 0 aliphatic heterocycles. The normalized spacial score (nSPS) is 13.4. The number of hydrogen-bond acceptors (Lipinski definition) is 3. The first-order valence-electron chi connectivity index (χ1n) is 7.17. The molecule has 22 heavy (non-hydrogen) atoms. The third kappa shape index (κ3) is 5.02. The molecule has 0 spiro atoms. The molecule has 2 unspecified atom stereocenters. The van der Waals surface area contributed by atoms with Crippen LogP contribution in [0.15, 0.2) is 22.7 Å². The Kier molecular flexibility index (Phi) is 6.87.